The molecule has 0 aromatic carbocycles. The lowest BCUT2D eigenvalue weighted by atomic mass is 9.49. The van der Waals surface area contributed by atoms with E-state index in [1.54, 1.807) is 9.80 Å². The van der Waals surface area contributed by atoms with Gasteiger partial charge in [0.25, 0.3) is 5.91 Å². The molecule has 5 aliphatic carbocycles. The van der Waals surface area contributed by atoms with Gasteiger partial charge in [-0.2, -0.15) is 0 Å². The van der Waals surface area contributed by atoms with Crippen LogP contribution in [0.25, 0.3) is 0 Å². The van der Waals surface area contributed by atoms with Crippen molar-refractivity contribution in [3.8, 4) is 0 Å². The Balaban J connectivity index is 1.31. The molecule has 0 N–H and O–H groups in total. The summed E-state index contributed by atoms with van der Waals surface area (Å²) in [6.07, 6.45) is 14.6. The molecule has 138 valence electrons. The highest BCUT2D eigenvalue weighted by molar-refractivity contribution is 6.06. The molecule has 4 nitrogen and oxygen atoms in total. The van der Waals surface area contributed by atoms with Crippen LogP contribution in [0.4, 0.5) is 4.79 Å². The maximum absolute atomic E-state index is 13.2. The Morgan fingerprint density at radius 3 is 2.04 bits per heavy atom. The van der Waals surface area contributed by atoms with Crippen LogP contribution in [0, 0.1) is 23.2 Å². The van der Waals surface area contributed by atoms with Gasteiger partial charge in [-0.05, 0) is 81.0 Å². The van der Waals surface area contributed by atoms with Crippen LogP contribution in [0.3, 0.4) is 0 Å². The molecule has 4 bridgehead atoms. The Morgan fingerprint density at radius 1 is 0.920 bits per heavy atom. The molecule has 6 rings (SSSR count). The van der Waals surface area contributed by atoms with E-state index >= 15 is 0 Å². The van der Waals surface area contributed by atoms with E-state index in [-0.39, 0.29) is 11.9 Å². The van der Waals surface area contributed by atoms with Crippen LogP contribution in [0.5, 0.6) is 0 Å². The molecule has 6 fully saturated rings. The summed E-state index contributed by atoms with van der Waals surface area (Å²) in [6, 6.07) is -0.0309. The van der Waals surface area contributed by atoms with Gasteiger partial charge in [0, 0.05) is 13.6 Å². The smallest absolute Gasteiger partial charge is 0.313 e. The highest BCUT2D eigenvalue weighted by atomic mass is 16.2. The second kappa shape index (κ2) is 5.47. The van der Waals surface area contributed by atoms with Crippen LogP contribution in [0.2, 0.25) is 0 Å². The minimum absolute atomic E-state index is 0.0309. The first kappa shape index (κ1) is 16.1. The Kier molecular flexibility index (Phi) is 3.53. The van der Waals surface area contributed by atoms with Crippen molar-refractivity contribution in [1.82, 2.24) is 9.80 Å². The van der Waals surface area contributed by atoms with Gasteiger partial charge in [-0.3, -0.25) is 9.69 Å². The summed E-state index contributed by atoms with van der Waals surface area (Å²) >= 11 is 0. The average Bonchev–Trinajstić information content (AvgIpc) is 2.75. The molecule has 0 unspecified atom stereocenters. The number of imide groups is 1. The van der Waals surface area contributed by atoms with Crippen LogP contribution in [0.15, 0.2) is 0 Å². The Labute approximate surface area is 151 Å². The SMILES string of the molecule is CN1C(=O)N(CCC23CC4CC(CC(C4)C2)C3)C(=O)C12CCCCC2. The summed E-state index contributed by atoms with van der Waals surface area (Å²) in [5.41, 5.74) is -0.0625. The van der Waals surface area contributed by atoms with Gasteiger partial charge in [0.05, 0.1) is 0 Å². The van der Waals surface area contributed by atoms with Crippen LogP contribution in [-0.2, 0) is 4.79 Å². The highest BCUT2D eigenvalue weighted by Crippen LogP contribution is 2.61. The van der Waals surface area contributed by atoms with Crippen molar-refractivity contribution in [2.75, 3.05) is 13.6 Å². The lowest BCUT2D eigenvalue weighted by molar-refractivity contribution is -0.135. The van der Waals surface area contributed by atoms with Gasteiger partial charge in [0.1, 0.15) is 5.54 Å². The minimum atomic E-state index is -0.503. The highest BCUT2D eigenvalue weighted by Gasteiger charge is 2.56. The molecule has 3 amide bonds. The number of likely N-dealkylation sites (N-methyl/N-ethyl adjacent to an activating group) is 1. The Bertz CT molecular complexity index is 557. The number of carbonyl (C=O) groups is 2. The van der Waals surface area contributed by atoms with Crippen LogP contribution < -0.4 is 0 Å². The van der Waals surface area contributed by atoms with E-state index in [1.807, 2.05) is 7.05 Å². The first-order valence-electron chi connectivity index (χ1n) is 10.6. The molecule has 25 heavy (non-hydrogen) atoms. The zero-order valence-electron chi connectivity index (χ0n) is 15.6. The Hall–Kier alpha value is -1.06. The average molecular weight is 344 g/mol. The fourth-order valence-electron chi connectivity index (χ4n) is 7.67. The second-order valence-electron chi connectivity index (χ2n) is 10.1. The molecule has 0 radical (unpaired) electrons. The van der Waals surface area contributed by atoms with Crippen molar-refractivity contribution in [3.63, 3.8) is 0 Å². The van der Waals surface area contributed by atoms with Gasteiger partial charge in [-0.25, -0.2) is 4.79 Å². The van der Waals surface area contributed by atoms with E-state index in [0.717, 1.165) is 49.9 Å². The third-order valence-corrected chi connectivity index (χ3v) is 8.51. The fraction of sp³-hybridized carbons (Fsp3) is 0.905. The van der Waals surface area contributed by atoms with E-state index in [2.05, 4.69) is 0 Å². The van der Waals surface area contributed by atoms with Gasteiger partial charge in [0.15, 0.2) is 0 Å². The number of hydrogen-bond acceptors (Lipinski definition) is 2. The van der Waals surface area contributed by atoms with E-state index in [0.29, 0.717) is 12.0 Å². The lowest BCUT2D eigenvalue weighted by Crippen LogP contribution is -2.49. The summed E-state index contributed by atoms with van der Waals surface area (Å²) in [7, 11) is 1.86. The van der Waals surface area contributed by atoms with Crippen LogP contribution in [-0.4, -0.2) is 40.9 Å². The minimum Gasteiger partial charge on any atom is -0.313 e. The first-order chi connectivity index (χ1) is 12.0. The summed E-state index contributed by atoms with van der Waals surface area (Å²) in [4.78, 5) is 29.4. The van der Waals surface area contributed by atoms with Gasteiger partial charge in [-0.15, -0.1) is 0 Å². The molecule has 0 aromatic rings. The van der Waals surface area contributed by atoms with Gasteiger partial charge >= 0.3 is 6.03 Å². The van der Waals surface area contributed by atoms with Crippen molar-refractivity contribution in [3.05, 3.63) is 0 Å². The van der Waals surface area contributed by atoms with Gasteiger partial charge in [-0.1, -0.05) is 19.3 Å². The topological polar surface area (TPSA) is 40.6 Å². The van der Waals surface area contributed by atoms with Crippen LogP contribution in [0.1, 0.15) is 77.0 Å². The molecule has 0 aromatic heterocycles. The van der Waals surface area contributed by atoms with Crippen molar-refractivity contribution < 1.29 is 9.59 Å². The van der Waals surface area contributed by atoms with E-state index in [1.165, 1.54) is 44.9 Å². The Morgan fingerprint density at radius 2 is 1.48 bits per heavy atom. The monoisotopic (exact) mass is 344 g/mol. The molecule has 1 spiro atoms. The zero-order valence-corrected chi connectivity index (χ0v) is 15.6. The van der Waals surface area contributed by atoms with Crippen molar-refractivity contribution in [1.29, 1.82) is 0 Å². The lowest BCUT2D eigenvalue weighted by Gasteiger charge is -2.57. The molecule has 5 saturated carbocycles. The standard InChI is InChI=1S/C21H32N2O2/c1-22-19(25)23(18(24)21(22)5-3-2-4-6-21)8-7-20-12-15-9-16(13-20)11-17(10-15)14-20/h15-17H,2-14H2,1H3. The maximum atomic E-state index is 13.2. The molecule has 1 aliphatic heterocycles. The largest absolute Gasteiger partial charge is 0.327 e. The van der Waals surface area contributed by atoms with Gasteiger partial charge in [0.2, 0.25) is 0 Å². The summed E-state index contributed by atoms with van der Waals surface area (Å²) in [5, 5.41) is 0. The quantitative estimate of drug-likeness (QED) is 0.720. The predicted octanol–water partition coefficient (Wildman–Crippen LogP) is 4.19. The number of nitrogens with zero attached hydrogens (tertiary/aromatic N) is 2. The van der Waals surface area contributed by atoms with E-state index < -0.39 is 5.54 Å². The fourth-order valence-corrected chi connectivity index (χ4v) is 7.67. The number of amides is 3. The van der Waals surface area contributed by atoms with E-state index in [4.69, 9.17) is 0 Å². The van der Waals surface area contributed by atoms with Crippen molar-refractivity contribution in [2.45, 2.75) is 82.6 Å². The first-order valence-corrected chi connectivity index (χ1v) is 10.6. The molecular weight excluding hydrogens is 312 g/mol. The number of urea groups is 1. The zero-order chi connectivity index (χ0) is 17.2. The van der Waals surface area contributed by atoms with Crippen molar-refractivity contribution in [2.24, 2.45) is 23.2 Å². The molecule has 4 heteroatoms. The van der Waals surface area contributed by atoms with E-state index in [9.17, 15) is 9.59 Å². The maximum Gasteiger partial charge on any atom is 0.327 e. The summed E-state index contributed by atoms with van der Waals surface area (Å²) in [6.45, 7) is 0.663. The summed E-state index contributed by atoms with van der Waals surface area (Å²) in [5.74, 6) is 2.92. The molecule has 0 atom stereocenters. The predicted molar refractivity (Wildman–Crippen MR) is 95.9 cm³/mol. The second-order valence-corrected chi connectivity index (χ2v) is 10.1. The number of hydrogen-bond donors (Lipinski definition) is 0. The van der Waals surface area contributed by atoms with Crippen molar-refractivity contribution >= 4 is 11.9 Å². The molecule has 1 saturated heterocycles. The molecule has 6 aliphatic rings. The van der Waals surface area contributed by atoms with Gasteiger partial charge < -0.3 is 4.90 Å². The normalized spacial score (nSPS) is 42.0. The third-order valence-electron chi connectivity index (χ3n) is 8.51. The summed E-state index contributed by atoms with van der Waals surface area (Å²) < 4.78 is 0. The van der Waals surface area contributed by atoms with Crippen LogP contribution >= 0.6 is 0 Å². The molecular formula is C21H32N2O2. The third kappa shape index (κ3) is 2.31. The number of rotatable bonds is 3. The number of carbonyl (C=O) groups excluding carboxylic acids is 2. The molecule has 1 heterocycles.